The molecule has 0 aliphatic heterocycles. The standard InChI is InChI=1S/C11H10F5NO3/c12-7-4-9(17)8(13)3-6(7)10(18)20-2-1-19-5-11(14,15)16/h3-4H,1-2,5,17H2. The third kappa shape index (κ3) is 5.00. The molecule has 0 aliphatic carbocycles. The zero-order valence-electron chi connectivity index (χ0n) is 9.97. The summed E-state index contributed by atoms with van der Waals surface area (Å²) >= 11 is 0. The molecule has 0 radical (unpaired) electrons. The van der Waals surface area contributed by atoms with Crippen molar-refractivity contribution in [2.24, 2.45) is 0 Å². The SMILES string of the molecule is Nc1cc(F)c(C(=O)OCCOCC(F)(F)F)cc1F. The Morgan fingerprint density at radius 1 is 1.15 bits per heavy atom. The zero-order valence-corrected chi connectivity index (χ0v) is 9.97. The Morgan fingerprint density at radius 2 is 1.80 bits per heavy atom. The van der Waals surface area contributed by atoms with E-state index in [0.29, 0.717) is 12.1 Å². The average molecular weight is 299 g/mol. The molecule has 0 heterocycles. The molecule has 0 aromatic heterocycles. The number of carbonyl (C=O) groups excluding carboxylic acids is 1. The Hall–Kier alpha value is -1.90. The lowest BCUT2D eigenvalue weighted by atomic mass is 10.2. The molecule has 0 unspecified atom stereocenters. The molecule has 1 rings (SSSR count). The topological polar surface area (TPSA) is 61.6 Å². The van der Waals surface area contributed by atoms with Gasteiger partial charge in [-0.25, -0.2) is 13.6 Å². The van der Waals surface area contributed by atoms with E-state index in [-0.39, 0.29) is 0 Å². The third-order valence-corrected chi connectivity index (χ3v) is 2.03. The molecule has 0 saturated carbocycles. The van der Waals surface area contributed by atoms with Crippen LogP contribution in [0, 0.1) is 11.6 Å². The first-order valence-corrected chi connectivity index (χ1v) is 5.27. The van der Waals surface area contributed by atoms with E-state index in [1.165, 1.54) is 0 Å². The predicted octanol–water partition coefficient (Wildman–Crippen LogP) is 2.28. The van der Waals surface area contributed by atoms with Crippen molar-refractivity contribution < 1.29 is 36.2 Å². The largest absolute Gasteiger partial charge is 0.460 e. The number of hydrogen-bond donors (Lipinski definition) is 1. The van der Waals surface area contributed by atoms with E-state index in [2.05, 4.69) is 9.47 Å². The molecule has 20 heavy (non-hydrogen) atoms. The number of benzene rings is 1. The molecule has 0 amide bonds. The summed E-state index contributed by atoms with van der Waals surface area (Å²) in [6.45, 7) is -2.54. The maximum absolute atomic E-state index is 13.3. The normalized spacial score (nSPS) is 11.4. The van der Waals surface area contributed by atoms with Crippen molar-refractivity contribution in [2.45, 2.75) is 6.18 Å². The molecule has 0 spiro atoms. The number of nitrogen functional groups attached to an aromatic ring is 1. The van der Waals surface area contributed by atoms with Gasteiger partial charge in [-0.15, -0.1) is 0 Å². The lowest BCUT2D eigenvalue weighted by Crippen LogP contribution is -2.20. The summed E-state index contributed by atoms with van der Waals surface area (Å²) in [5, 5.41) is 0. The van der Waals surface area contributed by atoms with Gasteiger partial charge in [0.1, 0.15) is 24.8 Å². The predicted molar refractivity (Wildman–Crippen MR) is 57.9 cm³/mol. The van der Waals surface area contributed by atoms with E-state index in [1.807, 2.05) is 0 Å². The van der Waals surface area contributed by atoms with Crippen LogP contribution in [0.5, 0.6) is 0 Å². The molecule has 112 valence electrons. The lowest BCUT2D eigenvalue weighted by molar-refractivity contribution is -0.175. The maximum atomic E-state index is 13.3. The summed E-state index contributed by atoms with van der Waals surface area (Å²) in [5.41, 5.74) is 3.90. The second-order valence-corrected chi connectivity index (χ2v) is 3.66. The van der Waals surface area contributed by atoms with Crippen molar-refractivity contribution in [1.29, 1.82) is 0 Å². The fourth-order valence-electron chi connectivity index (χ4n) is 1.18. The molecule has 1 aromatic rings. The number of alkyl halides is 3. The smallest absolute Gasteiger partial charge is 0.411 e. The number of anilines is 1. The summed E-state index contributed by atoms with van der Waals surface area (Å²) in [7, 11) is 0. The molecule has 0 saturated heterocycles. The number of nitrogens with two attached hydrogens (primary N) is 1. The van der Waals surface area contributed by atoms with Crippen molar-refractivity contribution in [1.82, 2.24) is 0 Å². The van der Waals surface area contributed by atoms with Gasteiger partial charge in [-0.1, -0.05) is 0 Å². The van der Waals surface area contributed by atoms with Crippen molar-refractivity contribution in [3.8, 4) is 0 Å². The summed E-state index contributed by atoms with van der Waals surface area (Å²) in [5.74, 6) is -3.33. The minimum Gasteiger partial charge on any atom is -0.460 e. The Morgan fingerprint density at radius 3 is 2.40 bits per heavy atom. The first-order chi connectivity index (χ1) is 9.20. The van der Waals surface area contributed by atoms with E-state index >= 15 is 0 Å². The Kier molecular flexibility index (Phi) is 5.26. The minimum atomic E-state index is -4.49. The molecular formula is C11H10F5NO3. The quantitative estimate of drug-likeness (QED) is 0.392. The van der Waals surface area contributed by atoms with Gasteiger partial charge in [0, 0.05) is 6.07 Å². The fourth-order valence-corrected chi connectivity index (χ4v) is 1.18. The van der Waals surface area contributed by atoms with Crippen LogP contribution in [0.2, 0.25) is 0 Å². The van der Waals surface area contributed by atoms with Crippen molar-refractivity contribution in [3.05, 3.63) is 29.3 Å². The van der Waals surface area contributed by atoms with Gasteiger partial charge >= 0.3 is 12.1 Å². The summed E-state index contributed by atoms with van der Waals surface area (Å²) in [6.07, 6.45) is -4.49. The number of esters is 1. The Balaban J connectivity index is 2.46. The highest BCUT2D eigenvalue weighted by molar-refractivity contribution is 5.90. The number of hydrogen-bond acceptors (Lipinski definition) is 4. The van der Waals surface area contributed by atoms with Crippen LogP contribution in [0.15, 0.2) is 12.1 Å². The van der Waals surface area contributed by atoms with E-state index in [9.17, 15) is 26.7 Å². The molecule has 0 aliphatic rings. The van der Waals surface area contributed by atoms with E-state index < -0.39 is 54.9 Å². The van der Waals surface area contributed by atoms with Crippen molar-refractivity contribution >= 4 is 11.7 Å². The van der Waals surface area contributed by atoms with Gasteiger partial charge < -0.3 is 15.2 Å². The molecule has 0 atom stereocenters. The number of ether oxygens (including phenoxy) is 2. The van der Waals surface area contributed by atoms with Crippen LogP contribution in [-0.4, -0.2) is 32.0 Å². The average Bonchev–Trinajstić information content (AvgIpc) is 2.31. The Labute approximate surface area is 110 Å². The highest BCUT2D eigenvalue weighted by Gasteiger charge is 2.27. The lowest BCUT2D eigenvalue weighted by Gasteiger charge is -2.09. The second-order valence-electron chi connectivity index (χ2n) is 3.66. The highest BCUT2D eigenvalue weighted by atomic mass is 19.4. The zero-order chi connectivity index (χ0) is 15.3. The summed E-state index contributed by atoms with van der Waals surface area (Å²) in [4.78, 5) is 11.3. The van der Waals surface area contributed by atoms with Crippen LogP contribution in [-0.2, 0) is 9.47 Å². The van der Waals surface area contributed by atoms with Crippen LogP contribution < -0.4 is 5.73 Å². The van der Waals surface area contributed by atoms with Crippen LogP contribution in [0.25, 0.3) is 0 Å². The van der Waals surface area contributed by atoms with Gasteiger partial charge in [-0.05, 0) is 6.07 Å². The van der Waals surface area contributed by atoms with Crippen LogP contribution in [0.3, 0.4) is 0 Å². The van der Waals surface area contributed by atoms with Crippen LogP contribution in [0.4, 0.5) is 27.6 Å². The fraction of sp³-hybridized carbons (Fsp3) is 0.364. The summed E-state index contributed by atoms with van der Waals surface area (Å²) in [6, 6.07) is 1.15. The summed E-state index contributed by atoms with van der Waals surface area (Å²) < 4.78 is 70.1. The molecular weight excluding hydrogens is 289 g/mol. The first-order valence-electron chi connectivity index (χ1n) is 5.27. The molecule has 4 nitrogen and oxygen atoms in total. The van der Waals surface area contributed by atoms with E-state index in [1.54, 1.807) is 0 Å². The van der Waals surface area contributed by atoms with Crippen LogP contribution >= 0.6 is 0 Å². The van der Waals surface area contributed by atoms with Gasteiger partial charge in [0.15, 0.2) is 0 Å². The molecule has 0 fully saturated rings. The molecule has 2 N–H and O–H groups in total. The first kappa shape index (κ1) is 16.2. The van der Waals surface area contributed by atoms with Gasteiger partial charge in [0.2, 0.25) is 0 Å². The monoisotopic (exact) mass is 299 g/mol. The number of halogens is 5. The molecule has 0 bridgehead atoms. The van der Waals surface area contributed by atoms with E-state index in [0.717, 1.165) is 0 Å². The second kappa shape index (κ2) is 6.51. The van der Waals surface area contributed by atoms with Gasteiger partial charge in [-0.2, -0.15) is 13.2 Å². The third-order valence-electron chi connectivity index (χ3n) is 2.03. The van der Waals surface area contributed by atoms with E-state index in [4.69, 9.17) is 5.73 Å². The van der Waals surface area contributed by atoms with Gasteiger partial charge in [0.05, 0.1) is 17.9 Å². The van der Waals surface area contributed by atoms with Gasteiger partial charge in [-0.3, -0.25) is 0 Å². The van der Waals surface area contributed by atoms with Crippen LogP contribution in [0.1, 0.15) is 10.4 Å². The Bertz CT molecular complexity index is 490. The number of carbonyl (C=O) groups is 1. The van der Waals surface area contributed by atoms with Gasteiger partial charge in [0.25, 0.3) is 0 Å². The van der Waals surface area contributed by atoms with Crippen molar-refractivity contribution in [3.63, 3.8) is 0 Å². The maximum Gasteiger partial charge on any atom is 0.411 e. The highest BCUT2D eigenvalue weighted by Crippen LogP contribution is 2.17. The number of rotatable bonds is 5. The molecule has 9 heteroatoms. The minimum absolute atomic E-state index is 0.479. The molecule has 1 aromatic carbocycles. The van der Waals surface area contributed by atoms with Crippen molar-refractivity contribution in [2.75, 3.05) is 25.6 Å².